The van der Waals surface area contributed by atoms with Gasteiger partial charge in [0.25, 0.3) is 0 Å². The van der Waals surface area contributed by atoms with Crippen LogP contribution in [0.2, 0.25) is 0 Å². The van der Waals surface area contributed by atoms with Gasteiger partial charge in [0.15, 0.2) is 0 Å². The summed E-state index contributed by atoms with van der Waals surface area (Å²) in [5.41, 5.74) is 3.07. The van der Waals surface area contributed by atoms with Crippen molar-refractivity contribution in [2.75, 3.05) is 5.32 Å². The number of aryl methyl sites for hydroxylation is 3. The molecule has 2 rings (SSSR count). The van der Waals surface area contributed by atoms with Gasteiger partial charge in [0.1, 0.15) is 0 Å². The van der Waals surface area contributed by atoms with Gasteiger partial charge in [-0.05, 0) is 51.5 Å². The molecule has 2 aromatic rings. The number of hydrogen-bond donors (Lipinski definition) is 2. The molecule has 0 bridgehead atoms. The van der Waals surface area contributed by atoms with Gasteiger partial charge in [-0.3, -0.25) is 0 Å². The van der Waals surface area contributed by atoms with E-state index in [1.807, 2.05) is 19.9 Å². The second kappa shape index (κ2) is 5.63. The molecule has 1 unspecified atom stereocenters. The molecule has 0 spiro atoms. The second-order valence-electron chi connectivity index (χ2n) is 4.88. The van der Waals surface area contributed by atoms with Crippen LogP contribution in [-0.2, 0) is 0 Å². The molecule has 0 amide bonds. The Balaban J connectivity index is 2.20. The molecule has 1 atom stereocenters. The first-order chi connectivity index (χ1) is 9.38. The molecule has 0 saturated carbocycles. The van der Waals surface area contributed by atoms with Crippen molar-refractivity contribution < 1.29 is 9.90 Å². The number of carboxylic acid groups (broad SMARTS) is 1. The first-order valence-electron chi connectivity index (χ1n) is 6.43. The Morgan fingerprint density at radius 1 is 1.35 bits per heavy atom. The fourth-order valence-corrected chi connectivity index (χ4v) is 3.19. The summed E-state index contributed by atoms with van der Waals surface area (Å²) in [6.07, 6.45) is 0. The molecule has 1 aromatic heterocycles. The topological polar surface area (TPSA) is 62.2 Å². The maximum Gasteiger partial charge on any atom is 0.335 e. The van der Waals surface area contributed by atoms with Crippen LogP contribution in [-0.4, -0.2) is 16.1 Å². The average molecular weight is 290 g/mol. The molecule has 0 aliphatic heterocycles. The van der Waals surface area contributed by atoms with Crippen LogP contribution in [0.5, 0.6) is 0 Å². The van der Waals surface area contributed by atoms with E-state index in [0.29, 0.717) is 5.56 Å². The lowest BCUT2D eigenvalue weighted by molar-refractivity contribution is 0.0696. The summed E-state index contributed by atoms with van der Waals surface area (Å²) >= 11 is 1.69. The minimum absolute atomic E-state index is 0.149. The third-order valence-electron chi connectivity index (χ3n) is 3.17. The molecule has 0 radical (unpaired) electrons. The number of carbonyl (C=O) groups is 1. The van der Waals surface area contributed by atoms with E-state index < -0.39 is 5.97 Å². The fourth-order valence-electron chi connectivity index (χ4n) is 2.26. The largest absolute Gasteiger partial charge is 0.478 e. The van der Waals surface area contributed by atoms with Crippen LogP contribution in [0, 0.1) is 20.8 Å². The molecular formula is C15H18N2O2S. The van der Waals surface area contributed by atoms with Crippen molar-refractivity contribution >= 4 is 23.0 Å². The molecule has 0 fully saturated rings. The average Bonchev–Trinajstić information content (AvgIpc) is 2.68. The third-order valence-corrected chi connectivity index (χ3v) is 4.43. The van der Waals surface area contributed by atoms with Crippen molar-refractivity contribution in [3.8, 4) is 0 Å². The van der Waals surface area contributed by atoms with Gasteiger partial charge in [-0.1, -0.05) is 0 Å². The van der Waals surface area contributed by atoms with E-state index in [-0.39, 0.29) is 6.04 Å². The zero-order chi connectivity index (χ0) is 14.9. The first kappa shape index (κ1) is 14.5. The maximum atomic E-state index is 11.0. The van der Waals surface area contributed by atoms with Crippen molar-refractivity contribution in [3.05, 3.63) is 44.9 Å². The molecule has 1 heterocycles. The number of thiazole rings is 1. The summed E-state index contributed by atoms with van der Waals surface area (Å²) in [5, 5.41) is 13.5. The normalized spacial score (nSPS) is 12.2. The van der Waals surface area contributed by atoms with Crippen molar-refractivity contribution in [1.82, 2.24) is 4.98 Å². The molecule has 5 heteroatoms. The van der Waals surface area contributed by atoms with E-state index >= 15 is 0 Å². The van der Waals surface area contributed by atoms with Gasteiger partial charge in [-0.25, -0.2) is 9.78 Å². The molecule has 1 aromatic carbocycles. The van der Waals surface area contributed by atoms with Crippen molar-refractivity contribution in [1.29, 1.82) is 0 Å². The Bertz CT molecular complexity index is 649. The molecule has 106 valence electrons. The van der Waals surface area contributed by atoms with Gasteiger partial charge in [-0.15, -0.1) is 11.3 Å². The minimum Gasteiger partial charge on any atom is -0.478 e. The molecule has 0 saturated heterocycles. The van der Waals surface area contributed by atoms with Crippen LogP contribution in [0.4, 0.5) is 5.69 Å². The molecule has 4 nitrogen and oxygen atoms in total. The third kappa shape index (κ3) is 2.99. The Morgan fingerprint density at radius 2 is 2.05 bits per heavy atom. The number of nitrogens with zero attached hydrogens (tertiary/aromatic N) is 1. The predicted octanol–water partition coefficient (Wildman–Crippen LogP) is 3.94. The smallest absolute Gasteiger partial charge is 0.335 e. The number of nitrogens with one attached hydrogen (secondary N) is 1. The van der Waals surface area contributed by atoms with Crippen LogP contribution < -0.4 is 5.32 Å². The van der Waals surface area contributed by atoms with E-state index in [9.17, 15) is 4.79 Å². The lowest BCUT2D eigenvalue weighted by Crippen LogP contribution is -2.07. The summed E-state index contributed by atoms with van der Waals surface area (Å²) in [6, 6.07) is 5.45. The Hall–Kier alpha value is -1.88. The van der Waals surface area contributed by atoms with Crippen LogP contribution in [0.1, 0.15) is 44.5 Å². The van der Waals surface area contributed by atoms with E-state index in [4.69, 9.17) is 5.11 Å². The van der Waals surface area contributed by atoms with Crippen LogP contribution in [0.3, 0.4) is 0 Å². The van der Waals surface area contributed by atoms with Crippen molar-refractivity contribution in [2.24, 2.45) is 0 Å². The first-order valence-corrected chi connectivity index (χ1v) is 7.24. The van der Waals surface area contributed by atoms with Gasteiger partial charge in [0.05, 0.1) is 22.3 Å². The summed E-state index contributed by atoms with van der Waals surface area (Å²) < 4.78 is 0. The summed E-state index contributed by atoms with van der Waals surface area (Å²) in [6.45, 7) is 7.90. The maximum absolute atomic E-state index is 11.0. The molecular weight excluding hydrogens is 272 g/mol. The minimum atomic E-state index is -0.893. The SMILES string of the molecule is Cc1nc(C)c(C(C)Nc2ccc(C(=O)O)c(C)c2)s1. The predicted molar refractivity (Wildman–Crippen MR) is 81.8 cm³/mol. The molecule has 2 N–H and O–H groups in total. The van der Waals surface area contributed by atoms with Gasteiger partial charge in [-0.2, -0.15) is 0 Å². The highest BCUT2D eigenvalue weighted by Crippen LogP contribution is 2.28. The number of carboxylic acids is 1. The zero-order valence-electron chi connectivity index (χ0n) is 12.0. The fraction of sp³-hybridized carbons (Fsp3) is 0.333. The number of aromatic carboxylic acids is 1. The van der Waals surface area contributed by atoms with E-state index in [1.165, 1.54) is 4.88 Å². The standard InChI is InChI=1S/C15H18N2O2S/c1-8-7-12(5-6-13(8)15(18)19)17-10(3)14-9(2)16-11(4)20-14/h5-7,10,17H,1-4H3,(H,18,19). The van der Waals surface area contributed by atoms with Gasteiger partial charge < -0.3 is 10.4 Å². The molecule has 0 aliphatic rings. The van der Waals surface area contributed by atoms with Crippen molar-refractivity contribution in [3.63, 3.8) is 0 Å². The highest BCUT2D eigenvalue weighted by atomic mass is 32.1. The lowest BCUT2D eigenvalue weighted by Gasteiger charge is -2.15. The zero-order valence-corrected chi connectivity index (χ0v) is 12.8. The Kier molecular flexibility index (Phi) is 4.09. The summed E-state index contributed by atoms with van der Waals surface area (Å²) in [5.74, 6) is -0.893. The van der Waals surface area contributed by atoms with E-state index in [1.54, 1.807) is 30.4 Å². The quantitative estimate of drug-likeness (QED) is 0.895. The highest BCUT2D eigenvalue weighted by Gasteiger charge is 2.14. The monoisotopic (exact) mass is 290 g/mol. The number of hydrogen-bond acceptors (Lipinski definition) is 4. The Morgan fingerprint density at radius 3 is 2.55 bits per heavy atom. The van der Waals surface area contributed by atoms with Crippen LogP contribution in [0.15, 0.2) is 18.2 Å². The van der Waals surface area contributed by atoms with Gasteiger partial charge in [0, 0.05) is 10.6 Å². The number of benzene rings is 1. The van der Waals surface area contributed by atoms with E-state index in [2.05, 4.69) is 17.2 Å². The number of aromatic nitrogens is 1. The second-order valence-corrected chi connectivity index (χ2v) is 6.12. The van der Waals surface area contributed by atoms with Gasteiger partial charge in [0.2, 0.25) is 0 Å². The lowest BCUT2D eigenvalue weighted by atomic mass is 10.1. The number of rotatable bonds is 4. The molecule has 20 heavy (non-hydrogen) atoms. The van der Waals surface area contributed by atoms with Crippen LogP contribution in [0.25, 0.3) is 0 Å². The highest BCUT2D eigenvalue weighted by molar-refractivity contribution is 7.11. The molecule has 0 aliphatic carbocycles. The van der Waals surface area contributed by atoms with Gasteiger partial charge >= 0.3 is 5.97 Å². The van der Waals surface area contributed by atoms with Crippen LogP contribution >= 0.6 is 11.3 Å². The van der Waals surface area contributed by atoms with E-state index in [0.717, 1.165) is 22.0 Å². The number of anilines is 1. The summed E-state index contributed by atoms with van der Waals surface area (Å²) in [7, 11) is 0. The Labute approximate surface area is 122 Å². The van der Waals surface area contributed by atoms with Crippen molar-refractivity contribution in [2.45, 2.75) is 33.7 Å². The summed E-state index contributed by atoms with van der Waals surface area (Å²) in [4.78, 5) is 16.6.